The minimum absolute atomic E-state index is 0.270. The molecule has 2 atom stereocenters. The van der Waals surface area contributed by atoms with E-state index in [9.17, 15) is 0 Å². The van der Waals surface area contributed by atoms with Gasteiger partial charge in [-0.25, -0.2) is 0 Å². The van der Waals surface area contributed by atoms with Crippen LogP contribution in [0.5, 0.6) is 0 Å². The molecule has 1 aliphatic rings. The molecule has 0 radical (unpaired) electrons. The maximum absolute atomic E-state index is 5.95. The van der Waals surface area contributed by atoms with Gasteiger partial charge in [-0.2, -0.15) is 0 Å². The molecular formula is C9H18ClNO. The van der Waals surface area contributed by atoms with Gasteiger partial charge in [-0.1, -0.05) is 6.92 Å². The number of hydrogen-bond acceptors (Lipinski definition) is 2. The molecule has 1 fully saturated rings. The van der Waals surface area contributed by atoms with Crippen LogP contribution in [0.15, 0.2) is 0 Å². The van der Waals surface area contributed by atoms with E-state index in [0.717, 1.165) is 26.1 Å². The van der Waals surface area contributed by atoms with E-state index in [1.165, 1.54) is 12.8 Å². The molecule has 0 aromatic heterocycles. The fourth-order valence-electron chi connectivity index (χ4n) is 1.35. The zero-order chi connectivity index (χ0) is 8.81. The van der Waals surface area contributed by atoms with Crippen molar-refractivity contribution in [2.75, 3.05) is 19.7 Å². The maximum Gasteiger partial charge on any atom is 0.0700 e. The SMILES string of the molecule is CCC(Cl)CNCC1CCCO1. The van der Waals surface area contributed by atoms with Crippen LogP contribution < -0.4 is 5.32 Å². The van der Waals surface area contributed by atoms with Gasteiger partial charge in [0.2, 0.25) is 0 Å². The molecule has 0 amide bonds. The Labute approximate surface area is 79.6 Å². The Bertz CT molecular complexity index is 115. The number of hydrogen-bond donors (Lipinski definition) is 1. The summed E-state index contributed by atoms with van der Waals surface area (Å²) >= 11 is 5.95. The van der Waals surface area contributed by atoms with Crippen molar-refractivity contribution in [3.05, 3.63) is 0 Å². The third kappa shape index (κ3) is 3.74. The van der Waals surface area contributed by atoms with Crippen LogP contribution in [0.2, 0.25) is 0 Å². The van der Waals surface area contributed by atoms with Gasteiger partial charge in [0, 0.05) is 25.1 Å². The maximum atomic E-state index is 5.95. The summed E-state index contributed by atoms with van der Waals surface area (Å²) in [6.45, 7) is 4.90. The third-order valence-electron chi connectivity index (χ3n) is 2.20. The number of nitrogens with one attached hydrogen (secondary N) is 1. The van der Waals surface area contributed by atoms with E-state index in [4.69, 9.17) is 16.3 Å². The van der Waals surface area contributed by atoms with E-state index < -0.39 is 0 Å². The van der Waals surface area contributed by atoms with Gasteiger partial charge < -0.3 is 10.1 Å². The first-order valence-corrected chi connectivity index (χ1v) is 5.23. The van der Waals surface area contributed by atoms with Crippen LogP contribution in [0.1, 0.15) is 26.2 Å². The summed E-state index contributed by atoms with van der Waals surface area (Å²) in [5.74, 6) is 0. The number of halogens is 1. The molecule has 2 nitrogen and oxygen atoms in total. The number of rotatable bonds is 5. The molecule has 0 aliphatic carbocycles. The third-order valence-corrected chi connectivity index (χ3v) is 2.67. The standard InChI is InChI=1S/C9H18ClNO/c1-2-8(10)6-11-7-9-4-3-5-12-9/h8-9,11H,2-7H2,1H3. The Kier molecular flexibility index (Phi) is 4.96. The highest BCUT2D eigenvalue weighted by molar-refractivity contribution is 6.20. The molecule has 72 valence electrons. The van der Waals surface area contributed by atoms with Crippen molar-refractivity contribution in [3.8, 4) is 0 Å². The van der Waals surface area contributed by atoms with Crippen molar-refractivity contribution >= 4 is 11.6 Å². The highest BCUT2D eigenvalue weighted by Gasteiger charge is 2.14. The van der Waals surface area contributed by atoms with Crippen LogP contribution in [-0.2, 0) is 4.74 Å². The zero-order valence-electron chi connectivity index (χ0n) is 7.68. The molecule has 2 unspecified atom stereocenters. The molecule has 1 N–H and O–H groups in total. The first-order valence-electron chi connectivity index (χ1n) is 4.79. The molecule has 0 spiro atoms. The average Bonchev–Trinajstić information content (AvgIpc) is 2.57. The largest absolute Gasteiger partial charge is 0.377 e. The van der Waals surface area contributed by atoms with Crippen molar-refractivity contribution in [1.82, 2.24) is 5.32 Å². The summed E-state index contributed by atoms with van der Waals surface area (Å²) in [5.41, 5.74) is 0. The van der Waals surface area contributed by atoms with Gasteiger partial charge in [0.05, 0.1) is 6.10 Å². The molecule has 0 aromatic rings. The second-order valence-electron chi connectivity index (χ2n) is 3.30. The van der Waals surface area contributed by atoms with Crippen molar-refractivity contribution in [1.29, 1.82) is 0 Å². The number of ether oxygens (including phenoxy) is 1. The Morgan fingerprint density at radius 3 is 3.08 bits per heavy atom. The lowest BCUT2D eigenvalue weighted by Crippen LogP contribution is -2.30. The van der Waals surface area contributed by atoms with Crippen molar-refractivity contribution in [2.24, 2.45) is 0 Å². The predicted molar refractivity (Wildman–Crippen MR) is 51.8 cm³/mol. The minimum Gasteiger partial charge on any atom is -0.377 e. The molecule has 12 heavy (non-hydrogen) atoms. The second-order valence-corrected chi connectivity index (χ2v) is 3.92. The summed E-state index contributed by atoms with van der Waals surface area (Å²) in [5, 5.41) is 3.59. The van der Waals surface area contributed by atoms with Crippen LogP contribution in [0.3, 0.4) is 0 Å². The molecule has 0 aromatic carbocycles. The lowest BCUT2D eigenvalue weighted by atomic mass is 10.2. The first-order chi connectivity index (χ1) is 5.83. The van der Waals surface area contributed by atoms with Crippen molar-refractivity contribution in [3.63, 3.8) is 0 Å². The Hall–Kier alpha value is 0.210. The lowest BCUT2D eigenvalue weighted by Gasteiger charge is -2.12. The van der Waals surface area contributed by atoms with E-state index in [1.807, 2.05) is 0 Å². The van der Waals surface area contributed by atoms with E-state index in [1.54, 1.807) is 0 Å². The van der Waals surface area contributed by atoms with E-state index >= 15 is 0 Å². The summed E-state index contributed by atoms with van der Waals surface area (Å²) in [6, 6.07) is 0. The Morgan fingerprint density at radius 1 is 1.67 bits per heavy atom. The van der Waals surface area contributed by atoms with Crippen LogP contribution in [0.4, 0.5) is 0 Å². The smallest absolute Gasteiger partial charge is 0.0700 e. The highest BCUT2D eigenvalue weighted by atomic mass is 35.5. The van der Waals surface area contributed by atoms with E-state index in [0.29, 0.717) is 6.10 Å². The quantitative estimate of drug-likeness (QED) is 0.669. The van der Waals surface area contributed by atoms with Gasteiger partial charge in [0.1, 0.15) is 0 Å². The van der Waals surface area contributed by atoms with Gasteiger partial charge in [-0.3, -0.25) is 0 Å². The van der Waals surface area contributed by atoms with Crippen LogP contribution in [0.25, 0.3) is 0 Å². The Morgan fingerprint density at radius 2 is 2.50 bits per heavy atom. The summed E-state index contributed by atoms with van der Waals surface area (Å²) in [7, 11) is 0. The molecular weight excluding hydrogens is 174 g/mol. The van der Waals surface area contributed by atoms with Gasteiger partial charge in [-0.05, 0) is 19.3 Å². The monoisotopic (exact) mass is 191 g/mol. The molecule has 1 aliphatic heterocycles. The minimum atomic E-state index is 0.270. The summed E-state index contributed by atoms with van der Waals surface area (Å²) < 4.78 is 5.46. The van der Waals surface area contributed by atoms with Gasteiger partial charge in [0.15, 0.2) is 0 Å². The van der Waals surface area contributed by atoms with Gasteiger partial charge in [0.25, 0.3) is 0 Å². The average molecular weight is 192 g/mol. The fraction of sp³-hybridized carbons (Fsp3) is 1.00. The molecule has 1 heterocycles. The molecule has 1 rings (SSSR count). The number of alkyl halides is 1. The predicted octanol–water partition coefficient (Wildman–Crippen LogP) is 1.77. The second kappa shape index (κ2) is 5.79. The highest BCUT2D eigenvalue weighted by Crippen LogP contribution is 2.10. The normalized spacial score (nSPS) is 26.0. The lowest BCUT2D eigenvalue weighted by molar-refractivity contribution is 0.110. The van der Waals surface area contributed by atoms with Crippen LogP contribution in [-0.4, -0.2) is 31.2 Å². The van der Waals surface area contributed by atoms with Gasteiger partial charge in [-0.15, -0.1) is 11.6 Å². The van der Waals surface area contributed by atoms with Gasteiger partial charge >= 0.3 is 0 Å². The summed E-state index contributed by atoms with van der Waals surface area (Å²) in [4.78, 5) is 0. The first kappa shape index (κ1) is 10.3. The van der Waals surface area contributed by atoms with Crippen LogP contribution >= 0.6 is 11.6 Å². The van der Waals surface area contributed by atoms with E-state index in [2.05, 4.69) is 12.2 Å². The van der Waals surface area contributed by atoms with Crippen LogP contribution in [0, 0.1) is 0 Å². The topological polar surface area (TPSA) is 21.3 Å². The Balaban J connectivity index is 1.94. The van der Waals surface area contributed by atoms with E-state index in [-0.39, 0.29) is 5.38 Å². The molecule has 3 heteroatoms. The fourth-order valence-corrected chi connectivity index (χ4v) is 1.46. The van der Waals surface area contributed by atoms with Crippen molar-refractivity contribution < 1.29 is 4.74 Å². The molecule has 0 saturated carbocycles. The molecule has 1 saturated heterocycles. The zero-order valence-corrected chi connectivity index (χ0v) is 8.44. The molecule has 0 bridgehead atoms. The van der Waals surface area contributed by atoms with Crippen molar-refractivity contribution in [2.45, 2.75) is 37.7 Å². The summed E-state index contributed by atoms with van der Waals surface area (Å²) in [6.07, 6.45) is 3.88.